The number of hydrogen-bond donors (Lipinski definition) is 0. The van der Waals surface area contributed by atoms with Crippen molar-refractivity contribution in [1.82, 2.24) is 0 Å². The first-order chi connectivity index (χ1) is 6.04. The van der Waals surface area contributed by atoms with Crippen LogP contribution in [0, 0.1) is 11.8 Å². The second kappa shape index (κ2) is 4.43. The van der Waals surface area contributed by atoms with Gasteiger partial charge in [0.05, 0.1) is 13.2 Å². The van der Waals surface area contributed by atoms with Crippen LogP contribution in [0.1, 0.15) is 40.5 Å². The Bertz CT molecular complexity index is 148. The van der Waals surface area contributed by atoms with Gasteiger partial charge in [-0.25, -0.2) is 0 Å². The molecule has 1 aliphatic rings. The van der Waals surface area contributed by atoms with E-state index < -0.39 is 0 Å². The first kappa shape index (κ1) is 11.0. The summed E-state index contributed by atoms with van der Waals surface area (Å²) >= 11 is 0. The SMILES string of the molecule is CC(C)CCC(C)C1(C)OCCO1. The van der Waals surface area contributed by atoms with E-state index in [-0.39, 0.29) is 5.79 Å². The largest absolute Gasteiger partial charge is 0.348 e. The van der Waals surface area contributed by atoms with Crippen molar-refractivity contribution in [3.63, 3.8) is 0 Å². The van der Waals surface area contributed by atoms with Gasteiger partial charge in [-0.05, 0) is 19.3 Å². The van der Waals surface area contributed by atoms with Gasteiger partial charge in [0.25, 0.3) is 0 Å². The molecule has 0 bridgehead atoms. The lowest BCUT2D eigenvalue weighted by Crippen LogP contribution is -2.34. The highest BCUT2D eigenvalue weighted by atomic mass is 16.7. The highest BCUT2D eigenvalue weighted by molar-refractivity contribution is 4.75. The van der Waals surface area contributed by atoms with Crippen LogP contribution in [-0.4, -0.2) is 19.0 Å². The smallest absolute Gasteiger partial charge is 0.168 e. The molecule has 0 aromatic carbocycles. The van der Waals surface area contributed by atoms with Crippen LogP contribution < -0.4 is 0 Å². The zero-order valence-corrected chi connectivity index (χ0v) is 9.30. The van der Waals surface area contributed by atoms with Gasteiger partial charge in [0.2, 0.25) is 0 Å². The minimum atomic E-state index is -0.311. The summed E-state index contributed by atoms with van der Waals surface area (Å²) < 4.78 is 11.2. The van der Waals surface area contributed by atoms with Gasteiger partial charge in [-0.3, -0.25) is 0 Å². The summed E-state index contributed by atoms with van der Waals surface area (Å²) in [5.74, 6) is 0.958. The molecule has 0 radical (unpaired) electrons. The van der Waals surface area contributed by atoms with E-state index in [2.05, 4.69) is 27.7 Å². The molecule has 0 N–H and O–H groups in total. The number of ether oxygens (including phenoxy) is 2. The van der Waals surface area contributed by atoms with Crippen molar-refractivity contribution < 1.29 is 9.47 Å². The fourth-order valence-corrected chi connectivity index (χ4v) is 1.66. The van der Waals surface area contributed by atoms with E-state index in [1.54, 1.807) is 0 Å². The molecule has 1 heterocycles. The third kappa shape index (κ3) is 2.96. The van der Waals surface area contributed by atoms with Crippen LogP contribution in [-0.2, 0) is 9.47 Å². The Kier molecular flexibility index (Phi) is 3.74. The van der Waals surface area contributed by atoms with Crippen molar-refractivity contribution in [2.45, 2.75) is 46.3 Å². The lowest BCUT2D eigenvalue weighted by Gasteiger charge is -2.29. The molecule has 0 aliphatic carbocycles. The van der Waals surface area contributed by atoms with Gasteiger partial charge < -0.3 is 9.47 Å². The fraction of sp³-hybridized carbons (Fsp3) is 1.00. The van der Waals surface area contributed by atoms with Crippen molar-refractivity contribution in [1.29, 1.82) is 0 Å². The third-order valence-electron chi connectivity index (χ3n) is 2.93. The van der Waals surface area contributed by atoms with Gasteiger partial charge in [0.15, 0.2) is 5.79 Å². The number of hydrogen-bond acceptors (Lipinski definition) is 2. The second-order valence-electron chi connectivity index (χ2n) is 4.59. The standard InChI is InChI=1S/C11H22O2/c1-9(2)5-6-10(3)11(4)12-7-8-13-11/h9-10H,5-8H2,1-4H3. The summed E-state index contributed by atoms with van der Waals surface area (Å²) in [6.45, 7) is 10.3. The Morgan fingerprint density at radius 1 is 1.08 bits per heavy atom. The van der Waals surface area contributed by atoms with Gasteiger partial charge in [0.1, 0.15) is 0 Å². The molecular weight excluding hydrogens is 164 g/mol. The van der Waals surface area contributed by atoms with E-state index in [1.165, 1.54) is 12.8 Å². The number of rotatable bonds is 4. The van der Waals surface area contributed by atoms with Crippen LogP contribution in [0.2, 0.25) is 0 Å². The highest BCUT2D eigenvalue weighted by Gasteiger charge is 2.36. The molecule has 2 nitrogen and oxygen atoms in total. The van der Waals surface area contributed by atoms with E-state index >= 15 is 0 Å². The lowest BCUT2D eigenvalue weighted by molar-refractivity contribution is -0.179. The van der Waals surface area contributed by atoms with Gasteiger partial charge >= 0.3 is 0 Å². The van der Waals surface area contributed by atoms with Gasteiger partial charge in [-0.15, -0.1) is 0 Å². The molecule has 0 saturated carbocycles. The van der Waals surface area contributed by atoms with E-state index in [0.29, 0.717) is 5.92 Å². The molecule has 1 unspecified atom stereocenters. The molecule has 0 spiro atoms. The molecule has 78 valence electrons. The predicted octanol–water partition coefficient (Wildman–Crippen LogP) is 2.82. The molecule has 2 heteroatoms. The third-order valence-corrected chi connectivity index (χ3v) is 2.93. The van der Waals surface area contributed by atoms with Gasteiger partial charge in [-0.2, -0.15) is 0 Å². The Balaban J connectivity index is 2.33. The summed E-state index contributed by atoms with van der Waals surface area (Å²) in [6, 6.07) is 0. The predicted molar refractivity (Wildman–Crippen MR) is 53.5 cm³/mol. The molecular formula is C11H22O2. The maximum Gasteiger partial charge on any atom is 0.168 e. The topological polar surface area (TPSA) is 18.5 Å². The van der Waals surface area contributed by atoms with Crippen molar-refractivity contribution in [2.24, 2.45) is 11.8 Å². The van der Waals surface area contributed by atoms with E-state index in [9.17, 15) is 0 Å². The minimum Gasteiger partial charge on any atom is -0.348 e. The van der Waals surface area contributed by atoms with Crippen molar-refractivity contribution >= 4 is 0 Å². The lowest BCUT2D eigenvalue weighted by atomic mass is 9.93. The molecule has 1 fully saturated rings. The molecule has 1 aliphatic heterocycles. The average molecular weight is 186 g/mol. The van der Waals surface area contributed by atoms with Crippen molar-refractivity contribution in [3.8, 4) is 0 Å². The fourth-order valence-electron chi connectivity index (χ4n) is 1.66. The van der Waals surface area contributed by atoms with Crippen LogP contribution >= 0.6 is 0 Å². The molecule has 0 aromatic rings. The molecule has 1 rings (SSSR count). The summed E-state index contributed by atoms with van der Waals surface area (Å²) in [6.07, 6.45) is 2.44. The minimum absolute atomic E-state index is 0.311. The quantitative estimate of drug-likeness (QED) is 0.672. The maximum atomic E-state index is 5.61. The van der Waals surface area contributed by atoms with Crippen molar-refractivity contribution in [2.75, 3.05) is 13.2 Å². The zero-order chi connectivity index (χ0) is 9.90. The zero-order valence-electron chi connectivity index (χ0n) is 9.30. The van der Waals surface area contributed by atoms with Gasteiger partial charge in [-0.1, -0.05) is 27.2 Å². The van der Waals surface area contributed by atoms with E-state index in [0.717, 1.165) is 19.1 Å². The maximum absolute atomic E-state index is 5.61. The molecule has 0 aromatic heterocycles. The van der Waals surface area contributed by atoms with Crippen LogP contribution in [0.5, 0.6) is 0 Å². The highest BCUT2D eigenvalue weighted by Crippen LogP contribution is 2.31. The van der Waals surface area contributed by atoms with Crippen LogP contribution in [0.15, 0.2) is 0 Å². The van der Waals surface area contributed by atoms with Crippen LogP contribution in [0.4, 0.5) is 0 Å². The second-order valence-corrected chi connectivity index (χ2v) is 4.59. The Labute approximate surface area is 81.6 Å². The molecule has 1 saturated heterocycles. The Morgan fingerprint density at radius 3 is 2.08 bits per heavy atom. The van der Waals surface area contributed by atoms with Crippen molar-refractivity contribution in [3.05, 3.63) is 0 Å². The average Bonchev–Trinajstić information content (AvgIpc) is 2.49. The Hall–Kier alpha value is -0.0800. The van der Waals surface area contributed by atoms with Crippen LogP contribution in [0.25, 0.3) is 0 Å². The summed E-state index contributed by atoms with van der Waals surface area (Å²) in [7, 11) is 0. The monoisotopic (exact) mass is 186 g/mol. The van der Waals surface area contributed by atoms with Crippen LogP contribution in [0.3, 0.4) is 0 Å². The van der Waals surface area contributed by atoms with E-state index in [4.69, 9.17) is 9.47 Å². The molecule has 13 heavy (non-hydrogen) atoms. The summed E-state index contributed by atoms with van der Waals surface area (Å²) in [4.78, 5) is 0. The molecule has 1 atom stereocenters. The first-order valence-corrected chi connectivity index (χ1v) is 5.32. The Morgan fingerprint density at radius 2 is 1.62 bits per heavy atom. The molecule has 0 amide bonds. The normalized spacial score (nSPS) is 23.8. The van der Waals surface area contributed by atoms with E-state index in [1.807, 2.05) is 0 Å². The summed E-state index contributed by atoms with van der Waals surface area (Å²) in [5, 5.41) is 0. The summed E-state index contributed by atoms with van der Waals surface area (Å²) in [5.41, 5.74) is 0. The first-order valence-electron chi connectivity index (χ1n) is 5.32. The van der Waals surface area contributed by atoms with Gasteiger partial charge in [0, 0.05) is 5.92 Å².